The molecule has 0 radical (unpaired) electrons. The van der Waals surface area contributed by atoms with Gasteiger partial charge in [0.25, 0.3) is 0 Å². The molecule has 1 heterocycles. The highest BCUT2D eigenvalue weighted by molar-refractivity contribution is 5.89. The lowest BCUT2D eigenvalue weighted by Crippen LogP contribution is -2.23. The second kappa shape index (κ2) is 5.03. The molecular formula is C12H17N3O3. The number of rotatable bonds is 4. The van der Waals surface area contributed by atoms with Crippen molar-refractivity contribution in [1.29, 1.82) is 0 Å². The fourth-order valence-corrected chi connectivity index (χ4v) is 1.31. The zero-order valence-corrected chi connectivity index (χ0v) is 10.7. The number of anilines is 1. The van der Waals surface area contributed by atoms with Crippen LogP contribution in [0.3, 0.4) is 0 Å². The number of carbonyl (C=O) groups excluding carboxylic acids is 1. The molecule has 0 aromatic carbocycles. The van der Waals surface area contributed by atoms with Crippen LogP contribution in [0, 0.1) is 0 Å². The fourth-order valence-electron chi connectivity index (χ4n) is 1.31. The number of primary amides is 1. The molecule has 0 bridgehead atoms. The number of aromatic carboxylic acids is 1. The number of hydrogen-bond acceptors (Lipinski definition) is 4. The SMILES string of the molecule is CC(C)(C)c1cc(C(=O)O)cc(NCC(N)=O)n1. The molecular weight excluding hydrogens is 234 g/mol. The smallest absolute Gasteiger partial charge is 0.335 e. The summed E-state index contributed by atoms with van der Waals surface area (Å²) in [4.78, 5) is 26.0. The minimum atomic E-state index is -1.04. The van der Waals surface area contributed by atoms with Crippen molar-refractivity contribution in [1.82, 2.24) is 4.98 Å². The summed E-state index contributed by atoms with van der Waals surface area (Å²) in [7, 11) is 0. The highest BCUT2D eigenvalue weighted by Gasteiger charge is 2.19. The molecule has 1 aromatic heterocycles. The maximum Gasteiger partial charge on any atom is 0.335 e. The van der Waals surface area contributed by atoms with E-state index >= 15 is 0 Å². The lowest BCUT2D eigenvalue weighted by Gasteiger charge is -2.19. The van der Waals surface area contributed by atoms with Crippen LogP contribution < -0.4 is 11.1 Å². The van der Waals surface area contributed by atoms with Gasteiger partial charge in [0.2, 0.25) is 5.91 Å². The Kier molecular flexibility index (Phi) is 3.90. The number of pyridine rings is 1. The maximum absolute atomic E-state index is 11.0. The normalized spacial score (nSPS) is 11.1. The Bertz CT molecular complexity index is 478. The molecule has 4 N–H and O–H groups in total. The molecule has 0 saturated heterocycles. The lowest BCUT2D eigenvalue weighted by molar-refractivity contribution is -0.116. The second-order valence-corrected chi connectivity index (χ2v) is 5.00. The first-order valence-electron chi connectivity index (χ1n) is 5.48. The Morgan fingerprint density at radius 2 is 2.00 bits per heavy atom. The number of carboxylic acid groups (broad SMARTS) is 1. The molecule has 98 valence electrons. The predicted octanol–water partition coefficient (Wildman–Crippen LogP) is 0.974. The number of carbonyl (C=O) groups is 2. The molecule has 0 saturated carbocycles. The monoisotopic (exact) mass is 251 g/mol. The van der Waals surface area contributed by atoms with Crippen LogP contribution in [0.1, 0.15) is 36.8 Å². The van der Waals surface area contributed by atoms with Crippen molar-refractivity contribution in [2.24, 2.45) is 5.73 Å². The molecule has 1 rings (SSSR count). The first-order valence-corrected chi connectivity index (χ1v) is 5.48. The quantitative estimate of drug-likeness (QED) is 0.739. The Hall–Kier alpha value is -2.11. The van der Waals surface area contributed by atoms with Crippen LogP contribution in [0.15, 0.2) is 12.1 Å². The summed E-state index contributed by atoms with van der Waals surface area (Å²) >= 11 is 0. The molecule has 1 amide bonds. The number of aromatic nitrogens is 1. The van der Waals surface area contributed by atoms with Gasteiger partial charge in [0, 0.05) is 11.1 Å². The van der Waals surface area contributed by atoms with Gasteiger partial charge in [0.05, 0.1) is 12.1 Å². The van der Waals surface area contributed by atoms with Crippen molar-refractivity contribution in [2.45, 2.75) is 26.2 Å². The number of nitrogens with one attached hydrogen (secondary N) is 1. The number of hydrogen-bond donors (Lipinski definition) is 3. The highest BCUT2D eigenvalue weighted by atomic mass is 16.4. The predicted molar refractivity (Wildman–Crippen MR) is 67.6 cm³/mol. The Morgan fingerprint density at radius 3 is 2.44 bits per heavy atom. The van der Waals surface area contributed by atoms with Gasteiger partial charge >= 0.3 is 5.97 Å². The van der Waals surface area contributed by atoms with Crippen LogP contribution in [0.25, 0.3) is 0 Å². The molecule has 6 heteroatoms. The topological polar surface area (TPSA) is 105 Å². The van der Waals surface area contributed by atoms with E-state index in [2.05, 4.69) is 10.3 Å². The molecule has 6 nitrogen and oxygen atoms in total. The van der Waals surface area contributed by atoms with E-state index in [4.69, 9.17) is 10.8 Å². The first-order chi connectivity index (χ1) is 8.20. The first kappa shape index (κ1) is 14.0. The summed E-state index contributed by atoms with van der Waals surface area (Å²) in [6, 6.07) is 2.90. The van der Waals surface area contributed by atoms with E-state index in [0.717, 1.165) is 0 Å². The van der Waals surface area contributed by atoms with Gasteiger partial charge in [-0.25, -0.2) is 9.78 Å². The van der Waals surface area contributed by atoms with Crippen LogP contribution in [0.2, 0.25) is 0 Å². The number of nitrogens with zero attached hydrogens (tertiary/aromatic N) is 1. The zero-order valence-electron chi connectivity index (χ0n) is 10.7. The third kappa shape index (κ3) is 3.73. The van der Waals surface area contributed by atoms with E-state index in [1.54, 1.807) is 0 Å². The van der Waals surface area contributed by atoms with Gasteiger partial charge in [-0.3, -0.25) is 4.79 Å². The molecule has 0 atom stereocenters. The summed E-state index contributed by atoms with van der Waals surface area (Å²) in [5.74, 6) is -1.24. The number of carboxylic acids is 1. The summed E-state index contributed by atoms with van der Waals surface area (Å²) < 4.78 is 0. The van der Waals surface area contributed by atoms with E-state index in [1.165, 1.54) is 12.1 Å². The van der Waals surface area contributed by atoms with Crippen molar-refractivity contribution >= 4 is 17.7 Å². The second-order valence-electron chi connectivity index (χ2n) is 5.00. The largest absolute Gasteiger partial charge is 0.478 e. The summed E-state index contributed by atoms with van der Waals surface area (Å²) in [6.45, 7) is 5.70. The Morgan fingerprint density at radius 1 is 1.39 bits per heavy atom. The Labute approximate surface area is 105 Å². The van der Waals surface area contributed by atoms with E-state index in [0.29, 0.717) is 11.5 Å². The van der Waals surface area contributed by atoms with Gasteiger partial charge in [-0.05, 0) is 12.1 Å². The summed E-state index contributed by atoms with van der Waals surface area (Å²) in [6.07, 6.45) is 0. The third-order valence-electron chi connectivity index (χ3n) is 2.28. The van der Waals surface area contributed by atoms with Crippen molar-refractivity contribution in [3.8, 4) is 0 Å². The molecule has 0 spiro atoms. The number of amides is 1. The van der Waals surface area contributed by atoms with Gasteiger partial charge in [0.15, 0.2) is 0 Å². The minimum Gasteiger partial charge on any atom is -0.478 e. The fraction of sp³-hybridized carbons (Fsp3) is 0.417. The average Bonchev–Trinajstić information content (AvgIpc) is 2.24. The van der Waals surface area contributed by atoms with Gasteiger partial charge in [-0.1, -0.05) is 20.8 Å². The molecule has 0 aliphatic heterocycles. The van der Waals surface area contributed by atoms with Crippen LogP contribution in [0.4, 0.5) is 5.82 Å². The van der Waals surface area contributed by atoms with Gasteiger partial charge in [0.1, 0.15) is 5.82 Å². The molecule has 0 unspecified atom stereocenters. The maximum atomic E-state index is 11.0. The molecule has 0 fully saturated rings. The van der Waals surface area contributed by atoms with Gasteiger partial charge < -0.3 is 16.2 Å². The van der Waals surface area contributed by atoms with Gasteiger partial charge in [-0.2, -0.15) is 0 Å². The Balaban J connectivity index is 3.14. The van der Waals surface area contributed by atoms with Crippen LogP contribution in [-0.2, 0) is 10.2 Å². The number of nitrogens with two attached hydrogens (primary N) is 1. The van der Waals surface area contributed by atoms with Crippen molar-refractivity contribution in [3.05, 3.63) is 23.4 Å². The van der Waals surface area contributed by atoms with Crippen LogP contribution in [0.5, 0.6) is 0 Å². The van der Waals surface area contributed by atoms with Crippen molar-refractivity contribution in [2.75, 3.05) is 11.9 Å². The van der Waals surface area contributed by atoms with E-state index < -0.39 is 11.9 Å². The average molecular weight is 251 g/mol. The molecule has 0 aliphatic rings. The highest BCUT2D eigenvalue weighted by Crippen LogP contribution is 2.23. The molecule has 1 aromatic rings. The van der Waals surface area contributed by atoms with Crippen molar-refractivity contribution in [3.63, 3.8) is 0 Å². The van der Waals surface area contributed by atoms with E-state index in [9.17, 15) is 9.59 Å². The van der Waals surface area contributed by atoms with Gasteiger partial charge in [-0.15, -0.1) is 0 Å². The van der Waals surface area contributed by atoms with E-state index in [-0.39, 0.29) is 17.5 Å². The zero-order chi connectivity index (χ0) is 13.9. The van der Waals surface area contributed by atoms with Crippen LogP contribution >= 0.6 is 0 Å². The summed E-state index contributed by atoms with van der Waals surface area (Å²) in [5.41, 5.74) is 5.49. The minimum absolute atomic E-state index is 0.0837. The third-order valence-corrected chi connectivity index (χ3v) is 2.28. The van der Waals surface area contributed by atoms with Crippen molar-refractivity contribution < 1.29 is 14.7 Å². The van der Waals surface area contributed by atoms with Crippen LogP contribution in [-0.4, -0.2) is 28.5 Å². The molecule has 0 aliphatic carbocycles. The molecule has 18 heavy (non-hydrogen) atoms. The standard InChI is InChI=1S/C12H17N3O3/c1-12(2,3)8-4-7(11(17)18)5-10(15-8)14-6-9(13)16/h4-5H,6H2,1-3H3,(H2,13,16)(H,14,15)(H,17,18). The summed E-state index contributed by atoms with van der Waals surface area (Å²) in [5, 5.41) is 11.7. The lowest BCUT2D eigenvalue weighted by atomic mass is 9.91. The van der Waals surface area contributed by atoms with E-state index in [1.807, 2.05) is 20.8 Å².